The first-order valence-corrected chi connectivity index (χ1v) is 9.33. The summed E-state index contributed by atoms with van der Waals surface area (Å²) in [5.74, 6) is -0.148. The molecule has 0 N–H and O–H groups in total. The minimum atomic E-state index is -3.89. The van der Waals surface area contributed by atoms with Gasteiger partial charge in [-0.05, 0) is 30.2 Å². The van der Waals surface area contributed by atoms with Gasteiger partial charge in [0.1, 0.15) is 5.82 Å². The molecule has 10 heteroatoms. The Balaban J connectivity index is 1.86. The Morgan fingerprint density at radius 3 is 2.77 bits per heavy atom. The molecule has 0 saturated carbocycles. The second-order valence-corrected chi connectivity index (χ2v) is 8.05. The van der Waals surface area contributed by atoms with Crippen molar-refractivity contribution in [2.45, 2.75) is 31.3 Å². The largest absolute Gasteiger partial charge is 0.319 e. The van der Waals surface area contributed by atoms with Crippen LogP contribution in [0.3, 0.4) is 0 Å². The Morgan fingerprint density at radius 1 is 1.38 bits per heavy atom. The SMILES string of the molecule is CC(=O)N1CCc2cc(S(=O)(=O)N(C)Cc3nccn3C(F)F)ccc21. The highest BCUT2D eigenvalue weighted by molar-refractivity contribution is 7.89. The van der Waals surface area contributed by atoms with E-state index in [9.17, 15) is 22.0 Å². The number of sulfonamides is 1. The van der Waals surface area contributed by atoms with Crippen LogP contribution in [-0.4, -0.2) is 41.8 Å². The molecule has 3 rings (SSSR count). The highest BCUT2D eigenvalue weighted by Crippen LogP contribution is 2.31. The third kappa shape index (κ3) is 3.21. The van der Waals surface area contributed by atoms with Gasteiger partial charge >= 0.3 is 6.55 Å². The Kier molecular flexibility index (Phi) is 4.80. The van der Waals surface area contributed by atoms with Crippen molar-refractivity contribution in [3.8, 4) is 0 Å². The van der Waals surface area contributed by atoms with E-state index in [0.717, 1.165) is 16.1 Å². The first-order valence-electron chi connectivity index (χ1n) is 7.89. The molecule has 0 atom stereocenters. The standard InChI is InChI=1S/C16H18F2N4O3S/c1-11(23)21-7-5-12-9-13(3-4-14(12)21)26(24,25)20(2)10-15-19-6-8-22(15)16(17)18/h3-4,6,8-9,16H,5,7,10H2,1-2H3. The van der Waals surface area contributed by atoms with Crippen LogP contribution in [0.25, 0.3) is 0 Å². The molecule has 0 fully saturated rings. The van der Waals surface area contributed by atoms with E-state index in [0.29, 0.717) is 23.2 Å². The normalized spacial score (nSPS) is 14.3. The Morgan fingerprint density at radius 2 is 2.12 bits per heavy atom. The Hall–Kier alpha value is -2.33. The number of amides is 1. The molecule has 2 heterocycles. The maximum absolute atomic E-state index is 12.9. The van der Waals surface area contributed by atoms with Crippen LogP contribution < -0.4 is 4.90 Å². The van der Waals surface area contributed by atoms with E-state index >= 15 is 0 Å². The molecule has 1 aliphatic rings. The number of nitrogens with zero attached hydrogens (tertiary/aromatic N) is 4. The van der Waals surface area contributed by atoms with Crippen molar-refractivity contribution >= 4 is 21.6 Å². The van der Waals surface area contributed by atoms with Gasteiger partial charge < -0.3 is 4.90 Å². The predicted molar refractivity (Wildman–Crippen MR) is 90.3 cm³/mol. The molecule has 0 saturated heterocycles. The minimum absolute atomic E-state index is 0.0463. The number of fused-ring (bicyclic) bond motifs is 1. The van der Waals surface area contributed by atoms with Crippen molar-refractivity contribution in [1.29, 1.82) is 0 Å². The Labute approximate surface area is 149 Å². The molecule has 1 amide bonds. The van der Waals surface area contributed by atoms with Crippen LogP contribution >= 0.6 is 0 Å². The lowest BCUT2D eigenvalue weighted by molar-refractivity contribution is -0.116. The number of carbonyl (C=O) groups excluding carboxylic acids is 1. The molecule has 140 valence electrons. The quantitative estimate of drug-likeness (QED) is 0.790. The number of anilines is 1. The van der Waals surface area contributed by atoms with Crippen LogP contribution in [0.2, 0.25) is 0 Å². The maximum Gasteiger partial charge on any atom is 0.319 e. The molecule has 1 aromatic carbocycles. The predicted octanol–water partition coefficient (Wildman–Crippen LogP) is 2.01. The third-order valence-electron chi connectivity index (χ3n) is 4.36. The second-order valence-electron chi connectivity index (χ2n) is 6.00. The summed E-state index contributed by atoms with van der Waals surface area (Å²) in [7, 11) is -2.57. The summed E-state index contributed by atoms with van der Waals surface area (Å²) >= 11 is 0. The number of benzene rings is 1. The first kappa shape index (κ1) is 18.5. The summed E-state index contributed by atoms with van der Waals surface area (Å²) in [6.45, 7) is -1.11. The van der Waals surface area contributed by atoms with Crippen LogP contribution in [0, 0.1) is 0 Å². The summed E-state index contributed by atoms with van der Waals surface area (Å²) in [5.41, 5.74) is 1.47. The highest BCUT2D eigenvalue weighted by atomic mass is 32.2. The van der Waals surface area contributed by atoms with Gasteiger partial charge in [-0.25, -0.2) is 13.4 Å². The number of rotatable bonds is 5. The summed E-state index contributed by atoms with van der Waals surface area (Å²) < 4.78 is 53.0. The lowest BCUT2D eigenvalue weighted by Gasteiger charge is -2.19. The molecule has 1 aromatic heterocycles. The molecular formula is C16H18F2N4O3S. The van der Waals surface area contributed by atoms with Crippen LogP contribution in [0.5, 0.6) is 0 Å². The van der Waals surface area contributed by atoms with Crippen molar-refractivity contribution in [3.63, 3.8) is 0 Å². The lowest BCUT2D eigenvalue weighted by Crippen LogP contribution is -2.28. The molecule has 2 aromatic rings. The van der Waals surface area contributed by atoms with Crippen molar-refractivity contribution < 1.29 is 22.0 Å². The maximum atomic E-state index is 12.9. The summed E-state index contributed by atoms with van der Waals surface area (Å²) in [6, 6.07) is 4.56. The summed E-state index contributed by atoms with van der Waals surface area (Å²) in [5, 5.41) is 0. The number of hydrogen-bond acceptors (Lipinski definition) is 4. The Bertz CT molecular complexity index is 943. The average molecular weight is 384 g/mol. The molecule has 0 unspecified atom stereocenters. The molecule has 0 radical (unpaired) electrons. The van der Waals surface area contributed by atoms with Crippen LogP contribution in [0.15, 0.2) is 35.5 Å². The zero-order valence-corrected chi connectivity index (χ0v) is 15.1. The topological polar surface area (TPSA) is 75.5 Å². The highest BCUT2D eigenvalue weighted by Gasteiger charge is 2.27. The zero-order chi connectivity index (χ0) is 19.1. The van der Waals surface area contributed by atoms with E-state index in [-0.39, 0.29) is 23.2 Å². The monoisotopic (exact) mass is 384 g/mol. The average Bonchev–Trinajstić information content (AvgIpc) is 3.20. The fourth-order valence-electron chi connectivity index (χ4n) is 2.97. The molecule has 0 spiro atoms. The summed E-state index contributed by atoms with van der Waals surface area (Å²) in [4.78, 5) is 17.0. The van der Waals surface area contributed by atoms with E-state index in [1.807, 2.05) is 0 Å². The van der Waals surface area contributed by atoms with Crippen molar-refractivity contribution in [1.82, 2.24) is 13.9 Å². The van der Waals surface area contributed by atoms with E-state index in [4.69, 9.17) is 0 Å². The van der Waals surface area contributed by atoms with Gasteiger partial charge in [-0.3, -0.25) is 9.36 Å². The van der Waals surface area contributed by atoms with Gasteiger partial charge in [0.05, 0.1) is 11.4 Å². The summed E-state index contributed by atoms with van der Waals surface area (Å²) in [6.07, 6.45) is 2.87. The number of alkyl halides is 2. The van der Waals surface area contributed by atoms with E-state index in [2.05, 4.69) is 4.98 Å². The first-order chi connectivity index (χ1) is 12.2. The fraction of sp³-hybridized carbons (Fsp3) is 0.375. The number of hydrogen-bond donors (Lipinski definition) is 0. The molecular weight excluding hydrogens is 366 g/mol. The van der Waals surface area contributed by atoms with Gasteiger partial charge in [-0.2, -0.15) is 13.1 Å². The molecule has 0 aliphatic carbocycles. The zero-order valence-electron chi connectivity index (χ0n) is 14.3. The van der Waals surface area contributed by atoms with Crippen LogP contribution in [0.4, 0.5) is 14.5 Å². The smallest absolute Gasteiger partial charge is 0.312 e. The number of halogens is 2. The van der Waals surface area contributed by atoms with Crippen molar-refractivity contribution in [3.05, 3.63) is 42.0 Å². The van der Waals surface area contributed by atoms with Gasteiger partial charge in [-0.1, -0.05) is 0 Å². The second kappa shape index (κ2) is 6.76. The molecule has 7 nitrogen and oxygen atoms in total. The molecule has 0 bridgehead atoms. The van der Waals surface area contributed by atoms with Gasteiger partial charge in [0.25, 0.3) is 0 Å². The lowest BCUT2D eigenvalue weighted by atomic mass is 10.2. The van der Waals surface area contributed by atoms with Gasteiger partial charge in [0, 0.05) is 38.6 Å². The number of aromatic nitrogens is 2. The van der Waals surface area contributed by atoms with Gasteiger partial charge in [-0.15, -0.1) is 0 Å². The van der Waals surface area contributed by atoms with Gasteiger partial charge in [0.15, 0.2) is 0 Å². The van der Waals surface area contributed by atoms with E-state index in [1.165, 1.54) is 32.3 Å². The van der Waals surface area contributed by atoms with Crippen molar-refractivity contribution in [2.75, 3.05) is 18.5 Å². The minimum Gasteiger partial charge on any atom is -0.312 e. The third-order valence-corrected chi connectivity index (χ3v) is 6.16. The van der Waals surface area contributed by atoms with E-state index in [1.54, 1.807) is 11.0 Å². The van der Waals surface area contributed by atoms with Crippen LogP contribution in [-0.2, 0) is 27.8 Å². The van der Waals surface area contributed by atoms with E-state index < -0.39 is 16.6 Å². The number of imidazole rings is 1. The van der Waals surface area contributed by atoms with Gasteiger partial charge in [0.2, 0.25) is 15.9 Å². The van der Waals surface area contributed by atoms with Crippen LogP contribution in [0.1, 0.15) is 24.9 Å². The molecule has 26 heavy (non-hydrogen) atoms. The molecule has 1 aliphatic heterocycles. The number of carbonyl (C=O) groups is 1. The fourth-order valence-corrected chi connectivity index (χ4v) is 4.15. The van der Waals surface area contributed by atoms with Crippen molar-refractivity contribution in [2.24, 2.45) is 0 Å².